The third-order valence-electron chi connectivity index (χ3n) is 3.63. The number of hydrogen-bond donors (Lipinski definition) is 0. The molecule has 2 bridgehead atoms. The van der Waals surface area contributed by atoms with Crippen LogP contribution in [-0.2, 0) is 4.79 Å². The van der Waals surface area contributed by atoms with Crippen LogP contribution in [0, 0.1) is 11.8 Å². The van der Waals surface area contributed by atoms with Crippen LogP contribution in [0.5, 0.6) is 0 Å². The molecule has 2 fully saturated rings. The Morgan fingerprint density at radius 2 is 1.94 bits per heavy atom. The van der Waals surface area contributed by atoms with E-state index in [1.807, 2.05) is 12.2 Å². The zero-order valence-electron chi connectivity index (χ0n) is 9.69. The van der Waals surface area contributed by atoms with Gasteiger partial charge in [0.1, 0.15) is 5.78 Å². The molecule has 2 nitrogen and oxygen atoms in total. The predicted molar refractivity (Wildman–Crippen MR) is 66.1 cm³/mol. The largest absolute Gasteiger partial charge is 0.299 e. The number of allylic oxidation sites excluding steroid dienone is 2. The quantitative estimate of drug-likeness (QED) is 0.673. The van der Waals surface area contributed by atoms with Gasteiger partial charge in [-0.25, -0.2) is 0 Å². The number of nitrogens with zero attached hydrogens (tertiary/aromatic N) is 1. The minimum absolute atomic E-state index is 0.300. The van der Waals surface area contributed by atoms with E-state index in [2.05, 4.69) is 18.1 Å². The molecule has 2 rings (SSSR count). The van der Waals surface area contributed by atoms with Crippen LogP contribution in [0.4, 0.5) is 0 Å². The smallest absolute Gasteiger partial charge is 0.141 e. The number of rotatable bonds is 4. The number of likely N-dealkylation sites (tertiary alicyclic amines) is 1. The summed E-state index contributed by atoms with van der Waals surface area (Å²) in [5, 5.41) is 0. The summed E-state index contributed by atoms with van der Waals surface area (Å²) in [6.07, 6.45) is 7.84. The second kappa shape index (κ2) is 4.79. The lowest BCUT2D eigenvalue weighted by molar-refractivity contribution is -0.127. The molecule has 2 aliphatic rings. The average Bonchev–Trinajstić information content (AvgIpc) is 2.53. The average molecular weight is 217 g/mol. The first-order valence-corrected chi connectivity index (χ1v) is 5.94. The molecule has 0 amide bonds. The highest BCUT2D eigenvalue weighted by Crippen LogP contribution is 2.33. The van der Waals surface area contributed by atoms with E-state index in [0.29, 0.717) is 17.6 Å². The molecule has 2 atom stereocenters. The van der Waals surface area contributed by atoms with Crippen molar-refractivity contribution in [3.63, 3.8) is 0 Å². The third-order valence-corrected chi connectivity index (χ3v) is 3.63. The molecule has 0 spiro atoms. The summed E-state index contributed by atoms with van der Waals surface area (Å²) in [4.78, 5) is 14.1. The number of hydrogen-bond acceptors (Lipinski definition) is 2. The lowest BCUT2D eigenvalue weighted by Gasteiger charge is -2.31. The van der Waals surface area contributed by atoms with E-state index in [4.69, 9.17) is 0 Å². The molecule has 1 saturated heterocycles. The summed E-state index contributed by atoms with van der Waals surface area (Å²) in [6, 6.07) is 0. The maximum Gasteiger partial charge on any atom is 0.141 e. The van der Waals surface area contributed by atoms with Gasteiger partial charge in [-0.3, -0.25) is 9.69 Å². The Morgan fingerprint density at radius 3 is 2.44 bits per heavy atom. The van der Waals surface area contributed by atoms with Crippen molar-refractivity contribution >= 4 is 5.78 Å². The highest BCUT2D eigenvalue weighted by Gasteiger charge is 2.40. The van der Waals surface area contributed by atoms with Gasteiger partial charge in [0.2, 0.25) is 0 Å². The summed E-state index contributed by atoms with van der Waals surface area (Å²) in [6.45, 7) is 10.3. The lowest BCUT2D eigenvalue weighted by atomic mass is 9.96. The van der Waals surface area contributed by atoms with Crippen LogP contribution in [0.15, 0.2) is 37.0 Å². The van der Waals surface area contributed by atoms with Gasteiger partial charge in [0, 0.05) is 31.5 Å². The Balaban J connectivity index is 1.98. The Kier molecular flexibility index (Phi) is 3.39. The molecule has 0 aromatic rings. The number of carbonyl (C=O) groups excluding carboxylic acids is 1. The first kappa shape index (κ1) is 11.3. The standard InChI is InChI=1S/C14H19NO/c1-3-5-11(4-2)8-15-9-12-6-7-13(10-15)14(12)16/h3-5,12-13H,1-2,6-10H2/b11-5+. The second-order valence-electron chi connectivity index (χ2n) is 4.75. The second-order valence-corrected chi connectivity index (χ2v) is 4.75. The number of fused-ring (bicyclic) bond motifs is 2. The maximum atomic E-state index is 11.7. The number of piperidine rings is 1. The van der Waals surface area contributed by atoms with E-state index in [-0.39, 0.29) is 0 Å². The Morgan fingerprint density at radius 1 is 1.31 bits per heavy atom. The first-order valence-electron chi connectivity index (χ1n) is 5.94. The van der Waals surface area contributed by atoms with E-state index in [1.165, 1.54) is 5.57 Å². The van der Waals surface area contributed by atoms with Crippen molar-refractivity contribution in [1.82, 2.24) is 4.90 Å². The number of carbonyl (C=O) groups is 1. The molecule has 0 N–H and O–H groups in total. The molecule has 0 aromatic heterocycles. The molecule has 1 heterocycles. The third kappa shape index (κ3) is 2.17. The summed E-state index contributed by atoms with van der Waals surface area (Å²) in [5.74, 6) is 1.10. The van der Waals surface area contributed by atoms with Crippen molar-refractivity contribution in [2.45, 2.75) is 12.8 Å². The number of ketones is 1. The highest BCUT2D eigenvalue weighted by atomic mass is 16.1. The van der Waals surface area contributed by atoms with Gasteiger partial charge in [0.05, 0.1) is 0 Å². The van der Waals surface area contributed by atoms with E-state index < -0.39 is 0 Å². The summed E-state index contributed by atoms with van der Waals surface area (Å²) < 4.78 is 0. The molecule has 1 aliphatic heterocycles. The SMILES string of the molecule is C=C/C=C(\C=C)CN1CC2CCC(C1)C2=O. The zero-order chi connectivity index (χ0) is 11.5. The first-order chi connectivity index (χ1) is 7.74. The van der Waals surface area contributed by atoms with Gasteiger partial charge >= 0.3 is 0 Å². The van der Waals surface area contributed by atoms with Crippen molar-refractivity contribution in [2.75, 3.05) is 19.6 Å². The fourth-order valence-electron chi connectivity index (χ4n) is 2.80. The van der Waals surface area contributed by atoms with Gasteiger partial charge in [-0.1, -0.05) is 31.4 Å². The summed E-state index contributed by atoms with van der Waals surface area (Å²) >= 11 is 0. The molecule has 1 aliphatic carbocycles. The van der Waals surface area contributed by atoms with Gasteiger partial charge in [0.15, 0.2) is 0 Å². The van der Waals surface area contributed by atoms with E-state index in [1.54, 1.807) is 6.08 Å². The highest BCUT2D eigenvalue weighted by molar-refractivity contribution is 5.86. The Bertz CT molecular complexity index is 327. The zero-order valence-corrected chi connectivity index (χ0v) is 9.69. The molecule has 0 aromatic carbocycles. The van der Waals surface area contributed by atoms with Gasteiger partial charge < -0.3 is 0 Å². The molecule has 2 heteroatoms. The van der Waals surface area contributed by atoms with E-state index >= 15 is 0 Å². The molecular weight excluding hydrogens is 198 g/mol. The van der Waals surface area contributed by atoms with Crippen molar-refractivity contribution in [1.29, 1.82) is 0 Å². The number of Topliss-reactive ketones (excluding diaryl/α,β-unsaturated/α-hetero) is 1. The normalized spacial score (nSPS) is 30.5. The van der Waals surface area contributed by atoms with Crippen LogP contribution >= 0.6 is 0 Å². The topological polar surface area (TPSA) is 20.3 Å². The fraction of sp³-hybridized carbons (Fsp3) is 0.500. The Labute approximate surface area is 97.3 Å². The molecule has 2 unspecified atom stereocenters. The van der Waals surface area contributed by atoms with Gasteiger partial charge in [-0.05, 0) is 18.4 Å². The predicted octanol–water partition coefficient (Wildman–Crippen LogP) is 2.20. The van der Waals surface area contributed by atoms with Gasteiger partial charge in [0.25, 0.3) is 0 Å². The van der Waals surface area contributed by atoms with Crippen LogP contribution in [0.3, 0.4) is 0 Å². The minimum Gasteiger partial charge on any atom is -0.299 e. The van der Waals surface area contributed by atoms with Crippen LogP contribution in [0.1, 0.15) is 12.8 Å². The summed E-state index contributed by atoms with van der Waals surface area (Å²) in [5.41, 5.74) is 1.18. The minimum atomic E-state index is 0.300. The molecule has 0 radical (unpaired) electrons. The molecule has 16 heavy (non-hydrogen) atoms. The monoisotopic (exact) mass is 217 g/mol. The van der Waals surface area contributed by atoms with Crippen LogP contribution in [0.25, 0.3) is 0 Å². The van der Waals surface area contributed by atoms with E-state index in [9.17, 15) is 4.79 Å². The van der Waals surface area contributed by atoms with Crippen LogP contribution < -0.4 is 0 Å². The van der Waals surface area contributed by atoms with Gasteiger partial charge in [-0.2, -0.15) is 0 Å². The van der Waals surface area contributed by atoms with E-state index in [0.717, 1.165) is 32.5 Å². The molecule has 86 valence electrons. The van der Waals surface area contributed by atoms with Crippen molar-refractivity contribution in [3.8, 4) is 0 Å². The Hall–Kier alpha value is -1.15. The lowest BCUT2D eigenvalue weighted by Crippen LogP contribution is -2.42. The van der Waals surface area contributed by atoms with Gasteiger partial charge in [-0.15, -0.1) is 0 Å². The molecule has 1 saturated carbocycles. The molecular formula is C14H19NO. The van der Waals surface area contributed by atoms with Crippen LogP contribution in [-0.4, -0.2) is 30.3 Å². The summed E-state index contributed by atoms with van der Waals surface area (Å²) in [7, 11) is 0. The maximum absolute atomic E-state index is 11.7. The van der Waals surface area contributed by atoms with Crippen LogP contribution in [0.2, 0.25) is 0 Å². The van der Waals surface area contributed by atoms with Crippen molar-refractivity contribution < 1.29 is 4.79 Å². The van der Waals surface area contributed by atoms with Crippen molar-refractivity contribution in [3.05, 3.63) is 37.0 Å². The van der Waals surface area contributed by atoms with Crippen molar-refractivity contribution in [2.24, 2.45) is 11.8 Å². The fourth-order valence-corrected chi connectivity index (χ4v) is 2.80.